The van der Waals surface area contributed by atoms with Crippen molar-refractivity contribution in [1.82, 2.24) is 9.97 Å². The molecule has 0 saturated carbocycles. The van der Waals surface area contributed by atoms with Gasteiger partial charge in [0.1, 0.15) is 0 Å². The Morgan fingerprint density at radius 3 is 3.18 bits per heavy atom. The number of ether oxygens (including phenoxy) is 1. The van der Waals surface area contributed by atoms with Crippen LogP contribution in [0.15, 0.2) is 10.9 Å². The highest BCUT2D eigenvalue weighted by atomic mass is 79.9. The number of nitrogens with one attached hydrogen (secondary N) is 1. The zero-order valence-corrected chi connectivity index (χ0v) is 7.60. The first-order valence-corrected chi connectivity index (χ1v) is 4.43. The van der Waals surface area contributed by atoms with Crippen LogP contribution in [0.1, 0.15) is 18.0 Å². The van der Waals surface area contributed by atoms with E-state index < -0.39 is 0 Å². The fraction of sp³-hybridized carbons (Fsp3) is 0.571. The highest BCUT2D eigenvalue weighted by Crippen LogP contribution is 2.23. The number of hydrogen-bond acceptors (Lipinski definition) is 2. The van der Waals surface area contributed by atoms with Crippen molar-refractivity contribution < 1.29 is 4.74 Å². The van der Waals surface area contributed by atoms with Gasteiger partial charge in [-0.3, -0.25) is 0 Å². The molecule has 4 heteroatoms. The fourth-order valence-electron chi connectivity index (χ4n) is 1.30. The van der Waals surface area contributed by atoms with E-state index in [2.05, 4.69) is 25.9 Å². The molecule has 1 unspecified atom stereocenters. The Kier molecular flexibility index (Phi) is 1.96. The third-order valence-electron chi connectivity index (χ3n) is 1.93. The average molecular weight is 217 g/mol. The minimum absolute atomic E-state index is 0.522. The molecule has 0 spiro atoms. The van der Waals surface area contributed by atoms with Crippen molar-refractivity contribution in [3.63, 3.8) is 0 Å². The molecule has 3 nitrogen and oxygen atoms in total. The molecule has 1 aliphatic heterocycles. The molecule has 1 saturated heterocycles. The van der Waals surface area contributed by atoms with E-state index in [-0.39, 0.29) is 0 Å². The van der Waals surface area contributed by atoms with Crippen LogP contribution in [0.5, 0.6) is 0 Å². The molecule has 0 bridgehead atoms. The van der Waals surface area contributed by atoms with Gasteiger partial charge in [-0.25, -0.2) is 4.98 Å². The van der Waals surface area contributed by atoms with E-state index in [0.29, 0.717) is 5.92 Å². The number of rotatable bonds is 1. The van der Waals surface area contributed by atoms with Gasteiger partial charge >= 0.3 is 0 Å². The van der Waals surface area contributed by atoms with Crippen molar-refractivity contribution in [2.45, 2.75) is 12.3 Å². The zero-order valence-electron chi connectivity index (χ0n) is 6.01. The van der Waals surface area contributed by atoms with Gasteiger partial charge in [-0.15, -0.1) is 0 Å². The van der Waals surface area contributed by atoms with Crippen molar-refractivity contribution in [3.05, 3.63) is 16.6 Å². The van der Waals surface area contributed by atoms with Crippen molar-refractivity contribution >= 4 is 15.9 Å². The van der Waals surface area contributed by atoms with Crippen LogP contribution in [0.3, 0.4) is 0 Å². The van der Waals surface area contributed by atoms with Gasteiger partial charge in [0.05, 0.1) is 6.61 Å². The Hall–Kier alpha value is -0.350. The predicted molar refractivity (Wildman–Crippen MR) is 44.5 cm³/mol. The molecule has 60 valence electrons. The highest BCUT2D eigenvalue weighted by Gasteiger charge is 2.19. The number of hydrogen-bond donors (Lipinski definition) is 1. The molecule has 2 rings (SSSR count). The van der Waals surface area contributed by atoms with Gasteiger partial charge in [0.25, 0.3) is 0 Å². The van der Waals surface area contributed by atoms with Crippen LogP contribution in [0.4, 0.5) is 0 Å². The van der Waals surface area contributed by atoms with Crippen LogP contribution >= 0.6 is 15.9 Å². The first-order valence-electron chi connectivity index (χ1n) is 3.64. The Morgan fingerprint density at radius 2 is 2.64 bits per heavy atom. The second kappa shape index (κ2) is 2.95. The van der Waals surface area contributed by atoms with Crippen LogP contribution in [-0.2, 0) is 4.74 Å². The third-order valence-corrected chi connectivity index (χ3v) is 2.34. The summed E-state index contributed by atoms with van der Waals surface area (Å²) in [6.45, 7) is 1.70. The number of aromatic nitrogens is 2. The van der Waals surface area contributed by atoms with E-state index in [0.717, 1.165) is 24.4 Å². The second-order valence-electron chi connectivity index (χ2n) is 2.69. The summed E-state index contributed by atoms with van der Waals surface area (Å²) in [4.78, 5) is 7.21. The van der Waals surface area contributed by atoms with E-state index >= 15 is 0 Å². The number of halogens is 1. The molecular weight excluding hydrogens is 208 g/mol. The topological polar surface area (TPSA) is 37.9 Å². The van der Waals surface area contributed by atoms with E-state index in [1.165, 1.54) is 5.69 Å². The molecule has 1 aliphatic rings. The Bertz CT molecular complexity index is 242. The molecule has 11 heavy (non-hydrogen) atoms. The summed E-state index contributed by atoms with van der Waals surface area (Å²) in [5.74, 6) is 0.522. The van der Waals surface area contributed by atoms with Gasteiger partial charge in [-0.1, -0.05) is 0 Å². The highest BCUT2D eigenvalue weighted by molar-refractivity contribution is 9.10. The van der Waals surface area contributed by atoms with Crippen LogP contribution < -0.4 is 0 Å². The lowest BCUT2D eigenvalue weighted by atomic mass is 10.1. The SMILES string of the molecule is Brc1ncc(C2CCOC2)[nH]1. The van der Waals surface area contributed by atoms with Gasteiger partial charge in [0.15, 0.2) is 4.73 Å². The third kappa shape index (κ3) is 1.46. The largest absolute Gasteiger partial charge is 0.381 e. The van der Waals surface area contributed by atoms with Gasteiger partial charge < -0.3 is 9.72 Å². The van der Waals surface area contributed by atoms with Crippen LogP contribution in [0.25, 0.3) is 0 Å². The van der Waals surface area contributed by atoms with Crippen LogP contribution in [-0.4, -0.2) is 23.2 Å². The predicted octanol–water partition coefficient (Wildman–Crippen LogP) is 1.68. The van der Waals surface area contributed by atoms with Gasteiger partial charge in [-0.05, 0) is 22.4 Å². The minimum Gasteiger partial charge on any atom is -0.381 e. The summed E-state index contributed by atoms with van der Waals surface area (Å²) < 4.78 is 6.06. The van der Waals surface area contributed by atoms with E-state index in [9.17, 15) is 0 Å². The standard InChI is InChI=1S/C7H9BrN2O/c8-7-9-3-6(10-7)5-1-2-11-4-5/h3,5H,1-2,4H2,(H,9,10). The Balaban J connectivity index is 2.15. The average Bonchev–Trinajstić information content (AvgIpc) is 2.55. The quantitative estimate of drug-likeness (QED) is 0.776. The lowest BCUT2D eigenvalue weighted by Gasteiger charge is -2.01. The number of imidazole rings is 1. The molecular formula is C7H9BrN2O. The molecule has 0 aromatic carbocycles. The summed E-state index contributed by atoms with van der Waals surface area (Å²) >= 11 is 3.27. The van der Waals surface area contributed by atoms with Crippen LogP contribution in [0, 0.1) is 0 Å². The van der Waals surface area contributed by atoms with Crippen molar-refractivity contribution in [2.24, 2.45) is 0 Å². The van der Waals surface area contributed by atoms with Crippen LogP contribution in [0.2, 0.25) is 0 Å². The molecule has 0 amide bonds. The van der Waals surface area contributed by atoms with Crippen molar-refractivity contribution in [3.8, 4) is 0 Å². The second-order valence-corrected chi connectivity index (χ2v) is 3.44. The van der Waals surface area contributed by atoms with E-state index in [4.69, 9.17) is 4.74 Å². The maximum Gasteiger partial charge on any atom is 0.174 e. The van der Waals surface area contributed by atoms with E-state index in [1.54, 1.807) is 0 Å². The minimum atomic E-state index is 0.522. The van der Waals surface area contributed by atoms with Gasteiger partial charge in [0.2, 0.25) is 0 Å². The number of H-pyrrole nitrogens is 1. The first kappa shape index (κ1) is 7.31. The zero-order chi connectivity index (χ0) is 7.68. The Labute approximate surface area is 73.3 Å². The molecule has 0 radical (unpaired) electrons. The molecule has 1 atom stereocenters. The molecule has 1 N–H and O–H groups in total. The normalized spacial score (nSPS) is 24.3. The fourth-order valence-corrected chi connectivity index (χ4v) is 1.63. The summed E-state index contributed by atoms with van der Waals surface area (Å²) in [6, 6.07) is 0. The summed E-state index contributed by atoms with van der Waals surface area (Å²) in [7, 11) is 0. The maximum atomic E-state index is 5.26. The summed E-state index contributed by atoms with van der Waals surface area (Å²) in [6.07, 6.45) is 2.97. The first-order chi connectivity index (χ1) is 5.36. The lowest BCUT2D eigenvalue weighted by molar-refractivity contribution is 0.193. The Morgan fingerprint density at radius 1 is 1.73 bits per heavy atom. The molecule has 1 aromatic heterocycles. The molecule has 1 fully saturated rings. The number of aromatic amines is 1. The van der Waals surface area contributed by atoms with Gasteiger partial charge in [-0.2, -0.15) is 0 Å². The lowest BCUT2D eigenvalue weighted by Crippen LogP contribution is -1.96. The monoisotopic (exact) mass is 216 g/mol. The maximum absolute atomic E-state index is 5.26. The molecule has 2 heterocycles. The smallest absolute Gasteiger partial charge is 0.174 e. The van der Waals surface area contributed by atoms with Gasteiger partial charge in [0, 0.05) is 24.4 Å². The van der Waals surface area contributed by atoms with E-state index in [1.807, 2.05) is 6.20 Å². The summed E-state index contributed by atoms with van der Waals surface area (Å²) in [5, 5.41) is 0. The number of nitrogens with zero attached hydrogens (tertiary/aromatic N) is 1. The van der Waals surface area contributed by atoms with Crippen molar-refractivity contribution in [2.75, 3.05) is 13.2 Å². The summed E-state index contributed by atoms with van der Waals surface area (Å²) in [5.41, 5.74) is 1.18. The van der Waals surface area contributed by atoms with Crippen molar-refractivity contribution in [1.29, 1.82) is 0 Å². The molecule has 0 aliphatic carbocycles. The molecule has 1 aromatic rings.